The smallest absolute Gasteiger partial charge is 0.270 e. The van der Waals surface area contributed by atoms with Crippen molar-refractivity contribution in [2.45, 2.75) is 0 Å². The van der Waals surface area contributed by atoms with Gasteiger partial charge in [0.1, 0.15) is 4.88 Å². The fourth-order valence-electron chi connectivity index (χ4n) is 2.15. The lowest BCUT2D eigenvalue weighted by Crippen LogP contribution is -2.25. The number of hydrogen-bond donors (Lipinski definition) is 1. The Hall–Kier alpha value is -2.33. The number of amides is 1. The maximum Gasteiger partial charge on any atom is 0.270 e. The summed E-state index contributed by atoms with van der Waals surface area (Å²) in [7, 11) is 1.77. The molecule has 1 amide bonds. The zero-order valence-electron chi connectivity index (χ0n) is 11.0. The van der Waals surface area contributed by atoms with Crippen LogP contribution in [-0.2, 0) is 0 Å². The number of nitrogen functional groups attached to an aromatic ring is 1. The van der Waals surface area contributed by atoms with E-state index in [0.717, 1.165) is 15.8 Å². The zero-order chi connectivity index (χ0) is 14.1. The van der Waals surface area contributed by atoms with Crippen LogP contribution >= 0.6 is 11.3 Å². The summed E-state index contributed by atoms with van der Waals surface area (Å²) in [6.45, 7) is 0. The van der Waals surface area contributed by atoms with Crippen LogP contribution in [0.15, 0.2) is 54.6 Å². The highest BCUT2D eigenvalue weighted by Gasteiger charge is 2.20. The highest BCUT2D eigenvalue weighted by Crippen LogP contribution is 2.34. The number of nitrogens with two attached hydrogens (primary N) is 1. The third kappa shape index (κ3) is 2.04. The Bertz CT molecular complexity index is 765. The number of benzene rings is 2. The second kappa shape index (κ2) is 4.98. The quantitative estimate of drug-likeness (QED) is 0.778. The molecule has 0 bridgehead atoms. The first kappa shape index (κ1) is 12.7. The Morgan fingerprint density at radius 2 is 1.70 bits per heavy atom. The van der Waals surface area contributed by atoms with Crippen LogP contribution in [0.3, 0.4) is 0 Å². The van der Waals surface area contributed by atoms with E-state index in [4.69, 9.17) is 5.73 Å². The molecule has 0 aliphatic heterocycles. The number of anilines is 2. The number of fused-ring (bicyclic) bond motifs is 1. The van der Waals surface area contributed by atoms with Crippen molar-refractivity contribution in [2.24, 2.45) is 0 Å². The number of hydrogen-bond acceptors (Lipinski definition) is 3. The van der Waals surface area contributed by atoms with Crippen LogP contribution in [0.25, 0.3) is 10.1 Å². The SMILES string of the molecule is CN(C(=O)c1sc2ccccc2c1N)c1ccccc1. The van der Waals surface area contributed by atoms with Gasteiger partial charge in [-0.3, -0.25) is 4.79 Å². The van der Waals surface area contributed by atoms with Gasteiger partial charge in [0.15, 0.2) is 0 Å². The predicted molar refractivity (Wildman–Crippen MR) is 85.4 cm³/mol. The molecule has 2 aromatic carbocycles. The van der Waals surface area contributed by atoms with Crippen molar-refractivity contribution in [2.75, 3.05) is 17.7 Å². The topological polar surface area (TPSA) is 46.3 Å². The van der Waals surface area contributed by atoms with Gasteiger partial charge in [-0.1, -0.05) is 36.4 Å². The molecule has 3 rings (SSSR count). The van der Waals surface area contributed by atoms with Crippen molar-refractivity contribution < 1.29 is 4.79 Å². The molecule has 0 unspecified atom stereocenters. The first-order chi connectivity index (χ1) is 9.68. The number of carbonyl (C=O) groups excluding carboxylic acids is 1. The van der Waals surface area contributed by atoms with Crippen LogP contribution in [0.4, 0.5) is 11.4 Å². The number of rotatable bonds is 2. The van der Waals surface area contributed by atoms with Gasteiger partial charge in [0, 0.05) is 22.8 Å². The molecule has 3 nitrogen and oxygen atoms in total. The summed E-state index contributed by atoms with van der Waals surface area (Å²) in [4.78, 5) is 14.8. The summed E-state index contributed by atoms with van der Waals surface area (Å²) >= 11 is 1.44. The van der Waals surface area contributed by atoms with Crippen molar-refractivity contribution in [1.82, 2.24) is 0 Å². The van der Waals surface area contributed by atoms with Crippen LogP contribution in [0.2, 0.25) is 0 Å². The molecule has 0 fully saturated rings. The average Bonchev–Trinajstić information content (AvgIpc) is 2.84. The molecule has 0 saturated carbocycles. The second-order valence-corrected chi connectivity index (χ2v) is 5.59. The molecular weight excluding hydrogens is 268 g/mol. The van der Waals surface area contributed by atoms with Crippen LogP contribution < -0.4 is 10.6 Å². The number of carbonyl (C=O) groups is 1. The van der Waals surface area contributed by atoms with E-state index in [2.05, 4.69) is 0 Å². The van der Waals surface area contributed by atoms with Gasteiger partial charge in [-0.05, 0) is 18.2 Å². The van der Waals surface area contributed by atoms with E-state index in [1.807, 2.05) is 54.6 Å². The van der Waals surface area contributed by atoms with E-state index >= 15 is 0 Å². The molecule has 0 aliphatic rings. The highest BCUT2D eigenvalue weighted by molar-refractivity contribution is 7.21. The Kier molecular flexibility index (Phi) is 3.16. The van der Waals surface area contributed by atoms with Crippen LogP contribution in [-0.4, -0.2) is 13.0 Å². The number of nitrogens with zero attached hydrogens (tertiary/aromatic N) is 1. The first-order valence-electron chi connectivity index (χ1n) is 6.28. The molecule has 0 radical (unpaired) electrons. The number of thiophene rings is 1. The lowest BCUT2D eigenvalue weighted by molar-refractivity contribution is 0.0997. The van der Waals surface area contributed by atoms with Gasteiger partial charge in [-0.15, -0.1) is 11.3 Å². The van der Waals surface area contributed by atoms with E-state index in [1.165, 1.54) is 11.3 Å². The van der Waals surface area contributed by atoms with E-state index in [-0.39, 0.29) is 5.91 Å². The van der Waals surface area contributed by atoms with Crippen molar-refractivity contribution in [3.05, 3.63) is 59.5 Å². The Morgan fingerprint density at radius 1 is 1.05 bits per heavy atom. The minimum Gasteiger partial charge on any atom is -0.397 e. The van der Waals surface area contributed by atoms with Crippen molar-refractivity contribution in [3.63, 3.8) is 0 Å². The monoisotopic (exact) mass is 282 g/mol. The second-order valence-electron chi connectivity index (χ2n) is 4.54. The normalized spacial score (nSPS) is 10.7. The Balaban J connectivity index is 2.03. The third-order valence-electron chi connectivity index (χ3n) is 3.28. The molecule has 0 aliphatic carbocycles. The molecule has 1 heterocycles. The van der Waals surface area contributed by atoms with Gasteiger partial charge in [-0.25, -0.2) is 0 Å². The summed E-state index contributed by atoms with van der Waals surface area (Å²) in [5.41, 5.74) is 7.54. The van der Waals surface area contributed by atoms with Crippen LogP contribution in [0.5, 0.6) is 0 Å². The molecular formula is C16H14N2OS. The average molecular weight is 282 g/mol. The summed E-state index contributed by atoms with van der Waals surface area (Å²) in [6, 6.07) is 17.4. The predicted octanol–water partition coefficient (Wildman–Crippen LogP) is 3.76. The fraction of sp³-hybridized carbons (Fsp3) is 0.0625. The first-order valence-corrected chi connectivity index (χ1v) is 7.10. The van der Waals surface area contributed by atoms with Gasteiger partial charge >= 0.3 is 0 Å². The van der Waals surface area contributed by atoms with Crippen LogP contribution in [0.1, 0.15) is 9.67 Å². The standard InChI is InChI=1S/C16H14N2OS/c1-18(11-7-3-2-4-8-11)16(19)15-14(17)12-9-5-6-10-13(12)20-15/h2-10H,17H2,1H3. The van der Waals surface area contributed by atoms with Gasteiger partial charge in [-0.2, -0.15) is 0 Å². The molecule has 3 aromatic rings. The molecule has 1 aromatic heterocycles. The lowest BCUT2D eigenvalue weighted by Gasteiger charge is -2.16. The maximum atomic E-state index is 12.6. The van der Waals surface area contributed by atoms with E-state index in [9.17, 15) is 4.79 Å². The fourth-order valence-corrected chi connectivity index (χ4v) is 3.24. The van der Waals surface area contributed by atoms with Gasteiger partial charge < -0.3 is 10.6 Å². The Morgan fingerprint density at radius 3 is 2.40 bits per heavy atom. The molecule has 0 saturated heterocycles. The minimum atomic E-state index is -0.0742. The molecule has 0 spiro atoms. The third-order valence-corrected chi connectivity index (χ3v) is 4.45. The van der Waals surface area contributed by atoms with Gasteiger partial charge in [0.05, 0.1) is 5.69 Å². The van der Waals surface area contributed by atoms with Gasteiger partial charge in [0.2, 0.25) is 0 Å². The van der Waals surface area contributed by atoms with Crippen molar-refractivity contribution >= 4 is 38.7 Å². The lowest BCUT2D eigenvalue weighted by atomic mass is 10.2. The summed E-state index contributed by atoms with van der Waals surface area (Å²) in [6.07, 6.45) is 0. The van der Waals surface area contributed by atoms with E-state index in [0.29, 0.717) is 10.6 Å². The van der Waals surface area contributed by atoms with Crippen molar-refractivity contribution in [3.8, 4) is 0 Å². The van der Waals surface area contributed by atoms with E-state index < -0.39 is 0 Å². The molecule has 100 valence electrons. The molecule has 4 heteroatoms. The summed E-state index contributed by atoms with van der Waals surface area (Å²) in [5.74, 6) is -0.0742. The van der Waals surface area contributed by atoms with Crippen molar-refractivity contribution in [1.29, 1.82) is 0 Å². The summed E-state index contributed by atoms with van der Waals surface area (Å²) in [5, 5.41) is 0.947. The van der Waals surface area contributed by atoms with E-state index in [1.54, 1.807) is 11.9 Å². The highest BCUT2D eigenvalue weighted by atomic mass is 32.1. The molecule has 0 atom stereocenters. The Labute approximate surface area is 121 Å². The molecule has 2 N–H and O–H groups in total. The van der Waals surface area contributed by atoms with Crippen LogP contribution in [0, 0.1) is 0 Å². The van der Waals surface area contributed by atoms with Gasteiger partial charge in [0.25, 0.3) is 5.91 Å². The largest absolute Gasteiger partial charge is 0.397 e. The summed E-state index contributed by atoms with van der Waals surface area (Å²) < 4.78 is 1.04. The minimum absolute atomic E-state index is 0.0742. The maximum absolute atomic E-state index is 12.6. The zero-order valence-corrected chi connectivity index (χ0v) is 11.9. The molecule has 20 heavy (non-hydrogen) atoms. The number of para-hydroxylation sites is 1.